The molecule has 4 rings (SSSR count). The number of nitrogens with zero attached hydrogens (tertiary/aromatic N) is 3. The summed E-state index contributed by atoms with van der Waals surface area (Å²) in [7, 11) is 3.18. The second kappa shape index (κ2) is 6.96. The summed E-state index contributed by atoms with van der Waals surface area (Å²) in [5.41, 5.74) is 9.25. The van der Waals surface area contributed by atoms with Gasteiger partial charge in [-0.25, -0.2) is 0 Å². The van der Waals surface area contributed by atoms with Gasteiger partial charge in [-0.15, -0.1) is 5.10 Å². The van der Waals surface area contributed by atoms with Crippen LogP contribution in [0.5, 0.6) is 17.4 Å². The number of rotatable bonds is 4. The molecule has 0 saturated carbocycles. The van der Waals surface area contributed by atoms with E-state index in [0.717, 1.165) is 11.1 Å². The lowest BCUT2D eigenvalue weighted by atomic mass is 9.83. The van der Waals surface area contributed by atoms with Crippen LogP contribution < -0.4 is 19.9 Å². The minimum atomic E-state index is -0.457. The highest BCUT2D eigenvalue weighted by Gasteiger charge is 2.36. The summed E-state index contributed by atoms with van der Waals surface area (Å²) in [6, 6.07) is 11.3. The zero-order valence-electron chi connectivity index (χ0n) is 15.3. The van der Waals surface area contributed by atoms with E-state index in [1.54, 1.807) is 32.7 Å². The van der Waals surface area contributed by atoms with E-state index in [0.29, 0.717) is 34.2 Å². The van der Waals surface area contributed by atoms with Crippen LogP contribution >= 0.6 is 0 Å². The smallest absolute Gasteiger partial charge is 0.244 e. The number of aromatic nitrogens is 3. The highest BCUT2D eigenvalue weighted by atomic mass is 16.5. The van der Waals surface area contributed by atoms with E-state index in [9.17, 15) is 5.26 Å². The van der Waals surface area contributed by atoms with Gasteiger partial charge in [0.1, 0.15) is 23.1 Å². The first-order chi connectivity index (χ1) is 13.7. The van der Waals surface area contributed by atoms with E-state index in [-0.39, 0.29) is 5.88 Å². The molecule has 3 N–H and O–H groups in total. The van der Waals surface area contributed by atoms with Gasteiger partial charge in [0.2, 0.25) is 11.8 Å². The molecule has 3 aromatic rings. The Balaban J connectivity index is 1.98. The van der Waals surface area contributed by atoms with Crippen LogP contribution in [-0.2, 0) is 0 Å². The minimum Gasteiger partial charge on any atom is -0.497 e. The van der Waals surface area contributed by atoms with Crippen LogP contribution in [0.2, 0.25) is 0 Å². The minimum absolute atomic E-state index is 0.0347. The first kappa shape index (κ1) is 17.4. The van der Waals surface area contributed by atoms with E-state index in [1.807, 2.05) is 24.3 Å². The predicted octanol–water partition coefficient (Wildman–Crippen LogP) is 2.71. The van der Waals surface area contributed by atoms with Crippen LogP contribution in [0.4, 0.5) is 0 Å². The summed E-state index contributed by atoms with van der Waals surface area (Å²) in [6.45, 7) is 0. The largest absolute Gasteiger partial charge is 0.497 e. The maximum atomic E-state index is 9.74. The number of benzene rings is 1. The van der Waals surface area contributed by atoms with Crippen LogP contribution in [0, 0.1) is 11.3 Å². The van der Waals surface area contributed by atoms with E-state index in [2.05, 4.69) is 21.3 Å². The molecule has 0 radical (unpaired) electrons. The fourth-order valence-electron chi connectivity index (χ4n) is 3.35. The first-order valence-electron chi connectivity index (χ1n) is 8.46. The van der Waals surface area contributed by atoms with Gasteiger partial charge in [0, 0.05) is 18.0 Å². The lowest BCUT2D eigenvalue weighted by molar-refractivity contribution is 0.379. The number of aromatic amines is 1. The van der Waals surface area contributed by atoms with Crippen LogP contribution in [0.1, 0.15) is 17.0 Å². The maximum Gasteiger partial charge on any atom is 0.244 e. The number of methoxy groups -OCH3 is 2. The number of pyridine rings is 1. The van der Waals surface area contributed by atoms with Crippen molar-refractivity contribution in [2.24, 2.45) is 5.73 Å². The SMILES string of the molecule is COc1ccc(OC)c(-c2[nH]nc3c2[C@@H](c2ccncc2)C(C#N)=C(N)O3)c1. The normalized spacial score (nSPS) is 15.4. The summed E-state index contributed by atoms with van der Waals surface area (Å²) in [5.74, 6) is 1.18. The van der Waals surface area contributed by atoms with Gasteiger partial charge in [-0.05, 0) is 35.9 Å². The number of H-pyrrole nitrogens is 1. The van der Waals surface area contributed by atoms with Crippen LogP contribution in [-0.4, -0.2) is 29.4 Å². The van der Waals surface area contributed by atoms with Crippen molar-refractivity contribution in [1.82, 2.24) is 15.2 Å². The van der Waals surface area contributed by atoms with Gasteiger partial charge < -0.3 is 19.9 Å². The standard InChI is InChI=1S/C20H17N5O3/c1-26-12-3-4-15(27-2)13(9-12)18-17-16(11-5-7-23-8-6-11)14(10-21)19(22)28-20(17)25-24-18/h3-9,16H,22H2,1-2H3,(H,24,25)/t16-/m0/s1. The average Bonchev–Trinajstić information content (AvgIpc) is 3.15. The molecule has 0 fully saturated rings. The Morgan fingerprint density at radius 1 is 1.18 bits per heavy atom. The molecular weight excluding hydrogens is 358 g/mol. The van der Waals surface area contributed by atoms with Gasteiger partial charge in [-0.3, -0.25) is 10.1 Å². The van der Waals surface area contributed by atoms with Crippen LogP contribution in [0.15, 0.2) is 54.2 Å². The number of nitriles is 1. The van der Waals surface area contributed by atoms with E-state index in [1.165, 1.54) is 0 Å². The molecule has 0 spiro atoms. The van der Waals surface area contributed by atoms with Crippen molar-refractivity contribution in [2.75, 3.05) is 14.2 Å². The van der Waals surface area contributed by atoms with Gasteiger partial charge in [0.05, 0.1) is 31.4 Å². The van der Waals surface area contributed by atoms with Gasteiger partial charge in [-0.1, -0.05) is 0 Å². The third-order valence-corrected chi connectivity index (χ3v) is 4.65. The molecule has 1 atom stereocenters. The highest BCUT2D eigenvalue weighted by Crippen LogP contribution is 2.47. The quantitative estimate of drug-likeness (QED) is 0.719. The first-order valence-corrected chi connectivity index (χ1v) is 8.46. The molecule has 0 aliphatic carbocycles. The Morgan fingerprint density at radius 2 is 1.96 bits per heavy atom. The highest BCUT2D eigenvalue weighted by molar-refractivity contribution is 5.76. The number of hydrogen-bond donors (Lipinski definition) is 2. The zero-order chi connectivity index (χ0) is 19.7. The molecule has 2 aromatic heterocycles. The molecule has 1 aliphatic rings. The van der Waals surface area contributed by atoms with Gasteiger partial charge in [-0.2, -0.15) is 5.26 Å². The number of ether oxygens (including phenoxy) is 3. The molecule has 3 heterocycles. The molecule has 28 heavy (non-hydrogen) atoms. The van der Waals surface area contributed by atoms with E-state index in [4.69, 9.17) is 19.9 Å². The molecule has 0 amide bonds. The number of nitrogens with two attached hydrogens (primary N) is 1. The molecule has 140 valence electrons. The summed E-state index contributed by atoms with van der Waals surface area (Å²) >= 11 is 0. The molecule has 8 heteroatoms. The zero-order valence-corrected chi connectivity index (χ0v) is 15.3. The van der Waals surface area contributed by atoms with Crippen molar-refractivity contribution in [2.45, 2.75) is 5.92 Å². The molecule has 0 saturated heterocycles. The van der Waals surface area contributed by atoms with Gasteiger partial charge >= 0.3 is 0 Å². The number of hydrogen-bond acceptors (Lipinski definition) is 7. The number of nitrogens with one attached hydrogen (secondary N) is 1. The van der Waals surface area contributed by atoms with Crippen molar-refractivity contribution in [3.8, 4) is 34.7 Å². The summed E-state index contributed by atoms with van der Waals surface area (Å²) in [5, 5.41) is 17.0. The topological polar surface area (TPSA) is 119 Å². The second-order valence-corrected chi connectivity index (χ2v) is 6.09. The number of fused-ring (bicyclic) bond motifs is 1. The fourth-order valence-corrected chi connectivity index (χ4v) is 3.35. The van der Waals surface area contributed by atoms with Crippen molar-refractivity contribution in [3.63, 3.8) is 0 Å². The summed E-state index contributed by atoms with van der Waals surface area (Å²) < 4.78 is 16.5. The van der Waals surface area contributed by atoms with Gasteiger partial charge in [0.15, 0.2) is 0 Å². The monoisotopic (exact) mass is 375 g/mol. The summed E-state index contributed by atoms with van der Waals surface area (Å²) in [4.78, 5) is 4.06. The van der Waals surface area contributed by atoms with E-state index >= 15 is 0 Å². The lowest BCUT2D eigenvalue weighted by Crippen LogP contribution is -2.21. The Labute approximate surface area is 161 Å². The fraction of sp³-hybridized carbons (Fsp3) is 0.150. The molecule has 1 aliphatic heterocycles. The second-order valence-electron chi connectivity index (χ2n) is 6.09. The van der Waals surface area contributed by atoms with E-state index < -0.39 is 5.92 Å². The maximum absolute atomic E-state index is 9.74. The van der Waals surface area contributed by atoms with Crippen LogP contribution in [0.25, 0.3) is 11.3 Å². The summed E-state index contributed by atoms with van der Waals surface area (Å²) in [6.07, 6.45) is 3.34. The lowest BCUT2D eigenvalue weighted by Gasteiger charge is -2.24. The average molecular weight is 375 g/mol. The third-order valence-electron chi connectivity index (χ3n) is 4.65. The Morgan fingerprint density at radius 3 is 2.64 bits per heavy atom. The van der Waals surface area contributed by atoms with Crippen molar-refractivity contribution >= 4 is 0 Å². The molecule has 0 unspecified atom stereocenters. The Kier molecular flexibility index (Phi) is 4.33. The molecule has 8 nitrogen and oxygen atoms in total. The molecule has 0 bridgehead atoms. The van der Waals surface area contributed by atoms with Gasteiger partial charge in [0.25, 0.3) is 0 Å². The molecule has 1 aromatic carbocycles. The van der Waals surface area contributed by atoms with Crippen molar-refractivity contribution in [3.05, 3.63) is 65.3 Å². The predicted molar refractivity (Wildman–Crippen MR) is 101 cm³/mol. The van der Waals surface area contributed by atoms with Crippen LogP contribution in [0.3, 0.4) is 0 Å². The Hall–Kier alpha value is -3.99. The molecular formula is C20H17N5O3. The van der Waals surface area contributed by atoms with Crippen molar-refractivity contribution < 1.29 is 14.2 Å². The Bertz CT molecular complexity index is 1100. The van der Waals surface area contributed by atoms with Crippen molar-refractivity contribution in [1.29, 1.82) is 5.26 Å². The number of allylic oxidation sites excluding steroid dienone is 1. The third kappa shape index (κ3) is 2.70.